The molecular weight excluding hydrogens is 218 g/mol. The first-order chi connectivity index (χ1) is 4.88. The Hall–Kier alpha value is -0.190. The van der Waals surface area contributed by atoms with Gasteiger partial charge in [-0.1, -0.05) is 34.8 Å². The van der Waals surface area contributed by atoms with Crippen LogP contribution < -0.4 is 0 Å². The molecule has 0 amide bonds. The maximum atomic E-state index is 9.00. The van der Waals surface area contributed by atoms with Crippen molar-refractivity contribution in [3.8, 4) is 0 Å². The molecule has 0 unspecified atom stereocenters. The van der Waals surface area contributed by atoms with E-state index in [1.165, 1.54) is 0 Å². The predicted octanol–water partition coefficient (Wildman–Crippen LogP) is 1.78. The van der Waals surface area contributed by atoms with Crippen LogP contribution in [0.15, 0.2) is 0 Å². The summed E-state index contributed by atoms with van der Waals surface area (Å²) < 4.78 is -0.750. The zero-order chi connectivity index (χ0) is 9.86. The monoisotopic (exact) mass is 224 g/mol. The lowest BCUT2D eigenvalue weighted by Crippen LogP contribution is -1.78. The number of halogens is 3. The van der Waals surface area contributed by atoms with E-state index in [9.17, 15) is 0 Å². The van der Waals surface area contributed by atoms with E-state index < -0.39 is 10.3 Å². The second-order valence-electron chi connectivity index (χ2n) is 0.872. The van der Waals surface area contributed by atoms with E-state index >= 15 is 0 Å². The number of carboxylic acid groups (broad SMARTS) is 2. The van der Waals surface area contributed by atoms with Crippen LogP contribution in [0, 0.1) is 0 Å². The molecule has 0 aliphatic heterocycles. The quantitative estimate of drug-likeness (QED) is 0.487. The summed E-state index contributed by atoms with van der Waals surface area (Å²) in [4.78, 5) is 17.4. The lowest BCUT2D eigenvalue weighted by molar-refractivity contribution is -0.134. The van der Waals surface area contributed by atoms with Crippen molar-refractivity contribution in [1.29, 1.82) is 0 Å². The molecule has 11 heavy (non-hydrogen) atoms. The van der Waals surface area contributed by atoms with Crippen LogP contribution in [-0.2, 0) is 9.59 Å². The summed E-state index contributed by atoms with van der Waals surface area (Å²) in [5.74, 6) is -0.833. The van der Waals surface area contributed by atoms with E-state index in [0.717, 1.165) is 6.92 Å². The molecule has 0 aromatic heterocycles. The van der Waals surface area contributed by atoms with Gasteiger partial charge in [-0.05, 0) is 0 Å². The highest BCUT2D eigenvalue weighted by molar-refractivity contribution is 6.63. The molecule has 2 N–H and O–H groups in total. The highest BCUT2D eigenvalue weighted by Crippen LogP contribution is 2.03. The van der Waals surface area contributed by atoms with Crippen LogP contribution in [-0.4, -0.2) is 27.0 Å². The van der Waals surface area contributed by atoms with Crippen LogP contribution in [0.2, 0.25) is 0 Å². The van der Waals surface area contributed by atoms with Gasteiger partial charge in [0.1, 0.15) is 0 Å². The molecule has 0 bridgehead atoms. The van der Waals surface area contributed by atoms with Crippen LogP contribution in [0.25, 0.3) is 0 Å². The molecule has 4 nitrogen and oxygen atoms in total. The lowest BCUT2D eigenvalue weighted by atomic mass is 10.9. The van der Waals surface area contributed by atoms with Crippen LogP contribution in [0.1, 0.15) is 6.92 Å². The van der Waals surface area contributed by atoms with Gasteiger partial charge in [0.25, 0.3) is 12.4 Å². The van der Waals surface area contributed by atoms with E-state index in [4.69, 9.17) is 54.6 Å². The van der Waals surface area contributed by atoms with Crippen LogP contribution in [0.5, 0.6) is 0 Å². The van der Waals surface area contributed by atoms with Crippen molar-refractivity contribution in [2.45, 2.75) is 11.2 Å². The molecule has 0 saturated carbocycles. The summed E-state index contributed by atoms with van der Waals surface area (Å²) in [5, 5.41) is 14.3. The summed E-state index contributed by atoms with van der Waals surface area (Å²) in [5.41, 5.74) is 0. The number of carbonyl (C=O) groups is 2. The molecule has 0 radical (unpaired) electrons. The van der Waals surface area contributed by atoms with Gasteiger partial charge in [-0.25, -0.2) is 0 Å². The molecule has 0 fully saturated rings. The average molecular weight is 225 g/mol. The van der Waals surface area contributed by atoms with Gasteiger partial charge in [0.15, 0.2) is 4.30 Å². The zero-order valence-electron chi connectivity index (χ0n) is 5.50. The Morgan fingerprint density at radius 3 is 1.45 bits per heavy atom. The third kappa shape index (κ3) is 16600. The van der Waals surface area contributed by atoms with Crippen molar-refractivity contribution in [3.63, 3.8) is 0 Å². The summed E-state index contributed by atoms with van der Waals surface area (Å²) >= 11 is 14.4. The predicted molar refractivity (Wildman–Crippen MR) is 43.3 cm³/mol. The molecule has 0 atom stereocenters. The van der Waals surface area contributed by atoms with Crippen LogP contribution >= 0.6 is 34.8 Å². The summed E-state index contributed by atoms with van der Waals surface area (Å²) in [6.07, 6.45) is 0. The number of alkyl halides is 3. The van der Waals surface area contributed by atoms with Gasteiger partial charge >= 0.3 is 0 Å². The SMILES string of the molecule is CC(=O)O.ClC(Cl)Cl.O=CO. The molecular formula is C4H7Cl3O4. The van der Waals surface area contributed by atoms with Crippen molar-refractivity contribution in [3.05, 3.63) is 0 Å². The van der Waals surface area contributed by atoms with Gasteiger partial charge < -0.3 is 10.2 Å². The minimum absolute atomic E-state index is 0.250. The number of rotatable bonds is 0. The molecule has 7 heteroatoms. The van der Waals surface area contributed by atoms with Crippen LogP contribution in [0.4, 0.5) is 0 Å². The Labute approximate surface area is 78.7 Å². The van der Waals surface area contributed by atoms with Crippen molar-refractivity contribution in [2.24, 2.45) is 0 Å². The second kappa shape index (κ2) is 16.4. The molecule has 0 heterocycles. The van der Waals surface area contributed by atoms with Crippen LogP contribution in [0.3, 0.4) is 0 Å². The number of carboxylic acids is 1. The highest BCUT2D eigenvalue weighted by atomic mass is 35.6. The van der Waals surface area contributed by atoms with Gasteiger partial charge in [0, 0.05) is 6.92 Å². The normalized spacial score (nSPS) is 6.64. The fraction of sp³-hybridized carbons (Fsp3) is 0.500. The summed E-state index contributed by atoms with van der Waals surface area (Å²) in [6.45, 7) is 0.833. The topological polar surface area (TPSA) is 74.6 Å². The molecule has 0 saturated heterocycles. The van der Waals surface area contributed by atoms with Gasteiger partial charge in [0.2, 0.25) is 0 Å². The molecule has 0 rings (SSSR count). The third-order valence-corrected chi connectivity index (χ3v) is 0. The van der Waals surface area contributed by atoms with Crippen molar-refractivity contribution in [1.82, 2.24) is 0 Å². The maximum absolute atomic E-state index is 9.00. The Morgan fingerprint density at radius 2 is 1.45 bits per heavy atom. The van der Waals surface area contributed by atoms with E-state index in [1.807, 2.05) is 0 Å². The Morgan fingerprint density at radius 1 is 1.45 bits per heavy atom. The molecule has 0 aromatic carbocycles. The Bertz CT molecular complexity index is 88.6. The first kappa shape index (κ1) is 17.1. The zero-order valence-corrected chi connectivity index (χ0v) is 7.77. The minimum Gasteiger partial charge on any atom is -0.483 e. The first-order valence-corrected chi connectivity index (χ1v) is 3.39. The minimum atomic E-state index is -0.833. The van der Waals surface area contributed by atoms with E-state index in [-0.39, 0.29) is 6.47 Å². The fourth-order valence-corrected chi connectivity index (χ4v) is 0. The van der Waals surface area contributed by atoms with E-state index in [0.29, 0.717) is 0 Å². The third-order valence-electron chi connectivity index (χ3n) is 0. The molecule has 0 aromatic rings. The Kier molecular flexibility index (Phi) is 25.5. The van der Waals surface area contributed by atoms with Gasteiger partial charge in [-0.15, -0.1) is 0 Å². The van der Waals surface area contributed by atoms with Crippen molar-refractivity contribution < 1.29 is 19.8 Å². The van der Waals surface area contributed by atoms with Gasteiger partial charge in [0.05, 0.1) is 0 Å². The van der Waals surface area contributed by atoms with Gasteiger partial charge in [-0.3, -0.25) is 9.59 Å². The summed E-state index contributed by atoms with van der Waals surface area (Å²) in [7, 11) is 0. The largest absolute Gasteiger partial charge is 0.483 e. The van der Waals surface area contributed by atoms with Crippen molar-refractivity contribution in [2.75, 3.05) is 0 Å². The highest BCUT2D eigenvalue weighted by Gasteiger charge is 1.78. The molecule has 0 aliphatic rings. The first-order valence-electron chi connectivity index (χ1n) is 2.08. The summed E-state index contributed by atoms with van der Waals surface area (Å²) in [6, 6.07) is 0. The average Bonchev–Trinajstić information content (AvgIpc) is 1.60. The van der Waals surface area contributed by atoms with E-state index in [1.54, 1.807) is 0 Å². The maximum Gasteiger partial charge on any atom is 0.300 e. The van der Waals surface area contributed by atoms with Crippen molar-refractivity contribution >= 4 is 47.2 Å². The molecule has 0 aliphatic carbocycles. The second-order valence-corrected chi connectivity index (χ2v) is 2.85. The fourth-order valence-electron chi connectivity index (χ4n) is 0. The lowest BCUT2D eigenvalue weighted by Gasteiger charge is -1.69. The standard InChI is InChI=1S/C2H4O2.CHCl3.CH2O2/c1-2(3)4;2-1(3)4;2-1-3/h1H3,(H,3,4);1H;1H,(H,2,3). The Balaban J connectivity index is -0.0000000886. The van der Waals surface area contributed by atoms with Gasteiger partial charge in [-0.2, -0.15) is 0 Å². The van der Waals surface area contributed by atoms with E-state index in [2.05, 4.69) is 0 Å². The number of aliphatic carboxylic acids is 1. The smallest absolute Gasteiger partial charge is 0.300 e. The number of hydrogen-bond acceptors (Lipinski definition) is 2. The number of hydrogen-bond donors (Lipinski definition) is 2. The molecule has 68 valence electrons. The molecule has 0 spiro atoms.